The molecular weight excluding hydrogens is 218 g/mol. The van der Waals surface area contributed by atoms with Gasteiger partial charge in [0, 0.05) is 17.4 Å². The van der Waals surface area contributed by atoms with Crippen LogP contribution in [0.3, 0.4) is 0 Å². The van der Waals surface area contributed by atoms with Crippen LogP contribution in [0.15, 0.2) is 12.3 Å². The van der Waals surface area contributed by atoms with Crippen LogP contribution in [0.25, 0.3) is 0 Å². The maximum Gasteiger partial charge on any atom is 0.410 e. The van der Waals surface area contributed by atoms with Gasteiger partial charge in [0.15, 0.2) is 0 Å². The molecule has 92 valence electrons. The van der Waals surface area contributed by atoms with E-state index in [1.807, 2.05) is 20.8 Å². The van der Waals surface area contributed by atoms with Crippen LogP contribution in [0.1, 0.15) is 32.0 Å². The highest BCUT2D eigenvalue weighted by Crippen LogP contribution is 2.26. The molecule has 2 rings (SSSR count). The van der Waals surface area contributed by atoms with Crippen LogP contribution < -0.4 is 5.73 Å². The molecular formula is C12H17N3O2. The van der Waals surface area contributed by atoms with Crippen LogP contribution in [-0.4, -0.2) is 21.6 Å². The Hall–Kier alpha value is -1.78. The van der Waals surface area contributed by atoms with Gasteiger partial charge in [-0.3, -0.25) is 9.88 Å². The number of hydrogen-bond acceptors (Lipinski definition) is 4. The van der Waals surface area contributed by atoms with E-state index in [9.17, 15) is 4.79 Å². The number of carbonyl (C=O) groups excluding carboxylic acids is 1. The summed E-state index contributed by atoms with van der Waals surface area (Å²) >= 11 is 0. The van der Waals surface area contributed by atoms with E-state index in [0.29, 0.717) is 18.8 Å². The second kappa shape index (κ2) is 3.91. The first kappa shape index (κ1) is 11.7. The average molecular weight is 235 g/mol. The molecule has 0 radical (unpaired) electrons. The summed E-state index contributed by atoms with van der Waals surface area (Å²) in [7, 11) is 0. The van der Waals surface area contributed by atoms with E-state index in [-0.39, 0.29) is 6.09 Å². The van der Waals surface area contributed by atoms with Gasteiger partial charge in [-0.25, -0.2) is 4.79 Å². The van der Waals surface area contributed by atoms with E-state index in [1.165, 1.54) is 0 Å². The fourth-order valence-electron chi connectivity index (χ4n) is 1.75. The highest BCUT2D eigenvalue weighted by atomic mass is 16.6. The minimum atomic E-state index is -0.481. The number of aromatic nitrogens is 1. The Morgan fingerprint density at radius 1 is 1.47 bits per heavy atom. The molecule has 0 atom stereocenters. The molecule has 1 aliphatic heterocycles. The molecule has 0 bridgehead atoms. The molecule has 0 spiro atoms. The molecule has 1 aromatic heterocycles. The van der Waals surface area contributed by atoms with Gasteiger partial charge in [0.25, 0.3) is 0 Å². The zero-order valence-corrected chi connectivity index (χ0v) is 10.4. The lowest BCUT2D eigenvalue weighted by Crippen LogP contribution is -2.33. The minimum absolute atomic E-state index is 0.324. The van der Waals surface area contributed by atoms with Crippen molar-refractivity contribution in [3.8, 4) is 0 Å². The average Bonchev–Trinajstić information content (AvgIpc) is 2.60. The first-order valence-electron chi connectivity index (χ1n) is 5.57. The van der Waals surface area contributed by atoms with Gasteiger partial charge < -0.3 is 10.5 Å². The van der Waals surface area contributed by atoms with Crippen molar-refractivity contribution >= 4 is 11.8 Å². The summed E-state index contributed by atoms with van der Waals surface area (Å²) in [5, 5.41) is 0. The largest absolute Gasteiger partial charge is 0.444 e. The molecule has 1 amide bonds. The number of fused-ring (bicyclic) bond motifs is 1. The van der Waals surface area contributed by atoms with Crippen molar-refractivity contribution in [2.75, 3.05) is 5.73 Å². The molecule has 5 heteroatoms. The van der Waals surface area contributed by atoms with Crippen molar-refractivity contribution in [3.05, 3.63) is 23.5 Å². The zero-order valence-electron chi connectivity index (χ0n) is 10.4. The summed E-state index contributed by atoms with van der Waals surface area (Å²) in [5.41, 5.74) is 7.83. The molecule has 17 heavy (non-hydrogen) atoms. The highest BCUT2D eigenvalue weighted by Gasteiger charge is 2.29. The minimum Gasteiger partial charge on any atom is -0.444 e. The van der Waals surface area contributed by atoms with E-state index < -0.39 is 5.60 Å². The van der Waals surface area contributed by atoms with Crippen LogP contribution in [0.2, 0.25) is 0 Å². The van der Waals surface area contributed by atoms with E-state index in [0.717, 1.165) is 11.3 Å². The summed E-state index contributed by atoms with van der Waals surface area (Å²) < 4.78 is 5.31. The van der Waals surface area contributed by atoms with Crippen LogP contribution in [0.4, 0.5) is 10.5 Å². The number of nitrogens with zero attached hydrogens (tertiary/aromatic N) is 2. The lowest BCUT2D eigenvalue weighted by atomic mass is 10.2. The van der Waals surface area contributed by atoms with E-state index in [1.54, 1.807) is 17.2 Å². The van der Waals surface area contributed by atoms with Gasteiger partial charge >= 0.3 is 6.09 Å². The molecule has 2 N–H and O–H groups in total. The monoisotopic (exact) mass is 235 g/mol. The third-order valence-electron chi connectivity index (χ3n) is 2.52. The van der Waals surface area contributed by atoms with E-state index >= 15 is 0 Å². The Morgan fingerprint density at radius 3 is 2.76 bits per heavy atom. The topological polar surface area (TPSA) is 68.5 Å². The molecule has 0 aromatic carbocycles. The summed E-state index contributed by atoms with van der Waals surface area (Å²) in [6.07, 6.45) is 1.34. The number of carbonyl (C=O) groups is 1. The number of hydrogen-bond donors (Lipinski definition) is 1. The van der Waals surface area contributed by atoms with Crippen LogP contribution in [0, 0.1) is 0 Å². The summed E-state index contributed by atoms with van der Waals surface area (Å²) in [6.45, 7) is 6.49. The van der Waals surface area contributed by atoms with E-state index in [4.69, 9.17) is 10.5 Å². The Bertz CT molecular complexity index is 452. The van der Waals surface area contributed by atoms with Crippen molar-refractivity contribution in [1.82, 2.24) is 9.88 Å². The van der Waals surface area contributed by atoms with Crippen molar-refractivity contribution < 1.29 is 9.53 Å². The van der Waals surface area contributed by atoms with Gasteiger partial charge in [0.1, 0.15) is 5.60 Å². The maximum absolute atomic E-state index is 11.9. The van der Waals surface area contributed by atoms with Crippen LogP contribution >= 0.6 is 0 Å². The van der Waals surface area contributed by atoms with Crippen LogP contribution in [-0.2, 0) is 17.8 Å². The van der Waals surface area contributed by atoms with Crippen LogP contribution in [0.5, 0.6) is 0 Å². The molecule has 0 saturated heterocycles. The molecule has 0 saturated carbocycles. The predicted molar refractivity (Wildman–Crippen MR) is 64.1 cm³/mol. The van der Waals surface area contributed by atoms with Gasteiger partial charge in [-0.15, -0.1) is 0 Å². The summed E-state index contributed by atoms with van der Waals surface area (Å²) in [6, 6.07) is 1.75. The predicted octanol–water partition coefficient (Wildman–Crippen LogP) is 1.91. The Kier molecular flexibility index (Phi) is 2.69. The third kappa shape index (κ3) is 2.49. The van der Waals surface area contributed by atoms with Crippen molar-refractivity contribution in [2.24, 2.45) is 0 Å². The second-order valence-corrected chi connectivity index (χ2v) is 5.16. The Morgan fingerprint density at radius 2 is 2.18 bits per heavy atom. The summed E-state index contributed by atoms with van der Waals surface area (Å²) in [5.74, 6) is 0. The number of amides is 1. The fourth-order valence-corrected chi connectivity index (χ4v) is 1.75. The van der Waals surface area contributed by atoms with Gasteiger partial charge in [-0.1, -0.05) is 0 Å². The standard InChI is InChI=1S/C12H17N3O2/c1-12(2,3)17-11(16)15-6-8-9(13)4-5-14-10(8)7-15/h4-5H,6-7H2,1-3H3,(H2,13,14). The van der Waals surface area contributed by atoms with Gasteiger partial charge in [-0.05, 0) is 26.8 Å². The fraction of sp³-hybridized carbons (Fsp3) is 0.500. The number of anilines is 1. The molecule has 0 unspecified atom stereocenters. The van der Waals surface area contributed by atoms with Crippen molar-refractivity contribution in [1.29, 1.82) is 0 Å². The highest BCUT2D eigenvalue weighted by molar-refractivity contribution is 5.70. The quantitative estimate of drug-likeness (QED) is 0.745. The Labute approximate surface area is 101 Å². The first-order chi connectivity index (χ1) is 7.87. The van der Waals surface area contributed by atoms with Gasteiger partial charge in [0.2, 0.25) is 0 Å². The molecule has 1 aliphatic rings. The maximum atomic E-state index is 11.9. The van der Waals surface area contributed by atoms with E-state index in [2.05, 4.69) is 4.98 Å². The molecule has 2 heterocycles. The molecule has 1 aromatic rings. The van der Waals surface area contributed by atoms with Crippen molar-refractivity contribution in [3.63, 3.8) is 0 Å². The molecule has 5 nitrogen and oxygen atoms in total. The number of nitrogen functional groups attached to an aromatic ring is 1. The lowest BCUT2D eigenvalue weighted by Gasteiger charge is -2.23. The third-order valence-corrected chi connectivity index (χ3v) is 2.52. The van der Waals surface area contributed by atoms with Gasteiger partial charge in [0.05, 0.1) is 18.8 Å². The first-order valence-corrected chi connectivity index (χ1v) is 5.57. The van der Waals surface area contributed by atoms with Gasteiger partial charge in [-0.2, -0.15) is 0 Å². The number of rotatable bonds is 0. The number of nitrogens with two attached hydrogens (primary N) is 1. The molecule has 0 fully saturated rings. The zero-order chi connectivity index (χ0) is 12.6. The summed E-state index contributed by atoms with van der Waals surface area (Å²) in [4.78, 5) is 17.7. The smallest absolute Gasteiger partial charge is 0.410 e. The number of pyridine rings is 1. The molecule has 0 aliphatic carbocycles. The lowest BCUT2D eigenvalue weighted by molar-refractivity contribution is 0.0241. The second-order valence-electron chi connectivity index (χ2n) is 5.16. The SMILES string of the molecule is CC(C)(C)OC(=O)N1Cc2nccc(N)c2C1. The van der Waals surface area contributed by atoms with Crippen molar-refractivity contribution in [2.45, 2.75) is 39.5 Å². The Balaban J connectivity index is 2.10. The normalized spacial score (nSPS) is 14.6. The number of ether oxygens (including phenoxy) is 1.